The van der Waals surface area contributed by atoms with Crippen molar-refractivity contribution in [3.63, 3.8) is 0 Å². The summed E-state index contributed by atoms with van der Waals surface area (Å²) in [5, 5.41) is 3.31. The zero-order chi connectivity index (χ0) is 29.0. The Morgan fingerprint density at radius 2 is 1.90 bits per heavy atom. The van der Waals surface area contributed by atoms with Gasteiger partial charge in [0, 0.05) is 23.9 Å². The van der Waals surface area contributed by atoms with Gasteiger partial charge in [0.1, 0.15) is 23.9 Å². The van der Waals surface area contributed by atoms with Gasteiger partial charge in [-0.25, -0.2) is 12.8 Å². The second-order valence-electron chi connectivity index (χ2n) is 9.54. The van der Waals surface area contributed by atoms with Gasteiger partial charge in [0.2, 0.25) is 0 Å². The van der Waals surface area contributed by atoms with E-state index in [9.17, 15) is 12.8 Å². The molecule has 0 amide bonds. The van der Waals surface area contributed by atoms with E-state index in [-0.39, 0.29) is 17.1 Å². The standard InChI is InChI=1S/C31H41FN2O5S/c1-5-6-7-8-19-39-28(15-17-32)12-9-24(2)34(23-27-10-13-29(37-3)21-31(27)38-4)40(35,36)30-14-11-26-22-33-18-16-25(26)20-30/h9-15,20-21,33H,2,5-8,16-19,22-23H2,1,3-4H3/b12-9-,28-15+. The highest BCUT2D eigenvalue weighted by molar-refractivity contribution is 7.89. The molecule has 1 heterocycles. The Labute approximate surface area is 238 Å². The van der Waals surface area contributed by atoms with Crippen LogP contribution in [0.5, 0.6) is 11.5 Å². The molecular weight excluding hydrogens is 531 g/mol. The number of methoxy groups -OCH3 is 2. The van der Waals surface area contributed by atoms with Gasteiger partial charge in [-0.3, -0.25) is 4.31 Å². The van der Waals surface area contributed by atoms with Gasteiger partial charge >= 0.3 is 0 Å². The second kappa shape index (κ2) is 15.5. The highest BCUT2D eigenvalue weighted by atomic mass is 32.2. The van der Waals surface area contributed by atoms with E-state index in [2.05, 4.69) is 18.8 Å². The Morgan fingerprint density at radius 1 is 1.07 bits per heavy atom. The third-order valence-corrected chi connectivity index (χ3v) is 8.56. The van der Waals surface area contributed by atoms with E-state index in [1.165, 1.54) is 17.5 Å². The Balaban J connectivity index is 1.94. The number of alkyl halides is 1. The van der Waals surface area contributed by atoms with Crippen LogP contribution in [0.4, 0.5) is 4.39 Å². The van der Waals surface area contributed by atoms with Crippen molar-refractivity contribution in [3.8, 4) is 11.5 Å². The molecular formula is C31H41FN2O5S. The summed E-state index contributed by atoms with van der Waals surface area (Å²) in [6.07, 6.45) is 9.29. The fourth-order valence-corrected chi connectivity index (χ4v) is 5.92. The number of nitrogens with zero attached hydrogens (tertiary/aromatic N) is 1. The summed E-state index contributed by atoms with van der Waals surface area (Å²) in [4.78, 5) is 0.182. The molecule has 0 aromatic heterocycles. The van der Waals surface area contributed by atoms with E-state index >= 15 is 0 Å². The van der Waals surface area contributed by atoms with Crippen molar-refractivity contribution in [3.05, 3.63) is 89.4 Å². The van der Waals surface area contributed by atoms with E-state index in [0.717, 1.165) is 49.8 Å². The number of hydrogen-bond acceptors (Lipinski definition) is 6. The van der Waals surface area contributed by atoms with Crippen molar-refractivity contribution in [1.29, 1.82) is 0 Å². The highest BCUT2D eigenvalue weighted by Gasteiger charge is 2.27. The maximum atomic E-state index is 14.1. The quantitative estimate of drug-likeness (QED) is 0.150. The fraction of sp³-hybridized carbons (Fsp3) is 0.419. The summed E-state index contributed by atoms with van der Waals surface area (Å²) >= 11 is 0. The molecule has 0 spiro atoms. The Morgan fingerprint density at radius 3 is 2.62 bits per heavy atom. The Bertz CT molecular complexity index is 1310. The molecule has 0 radical (unpaired) electrons. The number of benzene rings is 2. The molecule has 0 aliphatic carbocycles. The van der Waals surface area contributed by atoms with Crippen LogP contribution in [-0.2, 0) is 34.3 Å². The van der Waals surface area contributed by atoms with Crippen LogP contribution in [0.15, 0.2) is 77.6 Å². The fourth-order valence-electron chi connectivity index (χ4n) is 4.45. The molecule has 0 atom stereocenters. The molecule has 2 aromatic rings. The summed E-state index contributed by atoms with van der Waals surface area (Å²) in [5.74, 6) is 1.41. The Hall–Kier alpha value is -3.30. The third kappa shape index (κ3) is 8.35. The predicted octanol–water partition coefficient (Wildman–Crippen LogP) is 6.06. The van der Waals surface area contributed by atoms with Crippen LogP contribution in [0.2, 0.25) is 0 Å². The summed E-state index contributed by atoms with van der Waals surface area (Å²) in [6.45, 7) is 7.44. The normalized spacial score (nSPS) is 13.7. The molecule has 0 saturated carbocycles. The van der Waals surface area contributed by atoms with Crippen LogP contribution in [0.25, 0.3) is 0 Å². The van der Waals surface area contributed by atoms with Crippen LogP contribution in [0.3, 0.4) is 0 Å². The zero-order valence-corrected chi connectivity index (χ0v) is 24.6. The third-order valence-electron chi connectivity index (χ3n) is 6.77. The van der Waals surface area contributed by atoms with Crippen LogP contribution < -0.4 is 14.8 Å². The topological polar surface area (TPSA) is 77.1 Å². The maximum Gasteiger partial charge on any atom is 0.264 e. The van der Waals surface area contributed by atoms with Gasteiger partial charge in [-0.2, -0.15) is 0 Å². The van der Waals surface area contributed by atoms with Gasteiger partial charge in [0.25, 0.3) is 10.0 Å². The average molecular weight is 573 g/mol. The lowest BCUT2D eigenvalue weighted by atomic mass is 10.0. The first-order chi connectivity index (χ1) is 19.3. The summed E-state index contributed by atoms with van der Waals surface area (Å²) in [5.41, 5.74) is 2.93. The van der Waals surface area contributed by atoms with Gasteiger partial charge in [-0.05, 0) is 73.0 Å². The molecule has 0 bridgehead atoms. The number of allylic oxidation sites excluding steroid dienone is 3. The molecule has 1 aliphatic heterocycles. The summed E-state index contributed by atoms with van der Waals surface area (Å²) in [7, 11) is -0.943. The highest BCUT2D eigenvalue weighted by Crippen LogP contribution is 2.31. The lowest BCUT2D eigenvalue weighted by molar-refractivity contribution is 0.215. The zero-order valence-electron chi connectivity index (χ0n) is 23.7. The molecule has 1 aliphatic rings. The number of halogens is 1. The SMILES string of the molecule is C=C(/C=C\C(=C/CF)OCCCCCC)N(Cc1ccc(OC)cc1OC)S(=O)(=O)c1ccc2c(c1)CCNC2. The number of fused-ring (bicyclic) bond motifs is 1. The van der Waals surface area contributed by atoms with Crippen molar-refractivity contribution in [2.45, 2.75) is 57.0 Å². The maximum absolute atomic E-state index is 14.1. The van der Waals surface area contributed by atoms with E-state index < -0.39 is 16.7 Å². The second-order valence-corrected chi connectivity index (χ2v) is 11.4. The van der Waals surface area contributed by atoms with Gasteiger partial charge in [-0.15, -0.1) is 0 Å². The van der Waals surface area contributed by atoms with Crippen LogP contribution in [0.1, 0.15) is 49.3 Å². The minimum absolute atomic E-state index is 0.0304. The molecule has 2 aromatic carbocycles. The first kappa shape index (κ1) is 31.2. The van der Waals surface area contributed by atoms with Crippen molar-refractivity contribution < 1.29 is 27.0 Å². The van der Waals surface area contributed by atoms with E-state index in [4.69, 9.17) is 14.2 Å². The molecule has 218 valence electrons. The van der Waals surface area contributed by atoms with Crippen LogP contribution in [0, 0.1) is 0 Å². The molecule has 1 N–H and O–H groups in total. The Kier molecular flexibility index (Phi) is 12.1. The summed E-state index contributed by atoms with van der Waals surface area (Å²) in [6, 6.07) is 10.5. The first-order valence-corrected chi connectivity index (χ1v) is 15.1. The summed E-state index contributed by atoms with van der Waals surface area (Å²) < 4.78 is 59.2. The van der Waals surface area contributed by atoms with Gasteiger partial charge < -0.3 is 19.5 Å². The lowest BCUT2D eigenvalue weighted by Crippen LogP contribution is -2.30. The van der Waals surface area contributed by atoms with Gasteiger partial charge in [-0.1, -0.05) is 38.8 Å². The van der Waals surface area contributed by atoms with Crippen molar-refractivity contribution >= 4 is 10.0 Å². The largest absolute Gasteiger partial charge is 0.497 e. The van der Waals surface area contributed by atoms with Gasteiger partial charge in [0.05, 0.1) is 32.3 Å². The number of ether oxygens (including phenoxy) is 3. The molecule has 3 rings (SSSR count). The monoisotopic (exact) mass is 572 g/mol. The molecule has 9 heteroatoms. The first-order valence-electron chi connectivity index (χ1n) is 13.7. The molecule has 0 saturated heterocycles. The van der Waals surface area contributed by atoms with Crippen molar-refractivity contribution in [1.82, 2.24) is 9.62 Å². The van der Waals surface area contributed by atoms with Crippen molar-refractivity contribution in [2.24, 2.45) is 0 Å². The average Bonchev–Trinajstić information content (AvgIpc) is 2.97. The molecule has 7 nitrogen and oxygen atoms in total. The minimum atomic E-state index is -4.02. The minimum Gasteiger partial charge on any atom is -0.497 e. The number of hydrogen-bond donors (Lipinski definition) is 1. The lowest BCUT2D eigenvalue weighted by Gasteiger charge is -2.27. The number of nitrogens with one attached hydrogen (secondary N) is 1. The number of sulfonamides is 1. The molecule has 0 fully saturated rings. The van der Waals surface area contributed by atoms with E-state index in [0.29, 0.717) is 36.0 Å². The molecule has 0 unspecified atom stereocenters. The van der Waals surface area contributed by atoms with Gasteiger partial charge in [0.15, 0.2) is 0 Å². The predicted molar refractivity (Wildman–Crippen MR) is 157 cm³/mol. The van der Waals surface area contributed by atoms with Crippen LogP contribution >= 0.6 is 0 Å². The van der Waals surface area contributed by atoms with E-state index in [1.54, 1.807) is 49.6 Å². The molecule has 40 heavy (non-hydrogen) atoms. The number of rotatable bonds is 16. The van der Waals surface area contributed by atoms with Crippen LogP contribution in [-0.4, -0.2) is 46.8 Å². The number of unbranched alkanes of at least 4 members (excludes halogenated alkanes) is 3. The van der Waals surface area contributed by atoms with E-state index in [1.807, 2.05) is 6.07 Å². The smallest absolute Gasteiger partial charge is 0.264 e. The van der Waals surface area contributed by atoms with Crippen molar-refractivity contribution in [2.75, 3.05) is 34.0 Å².